The van der Waals surface area contributed by atoms with Crippen LogP contribution >= 0.6 is 0 Å². The van der Waals surface area contributed by atoms with Gasteiger partial charge in [-0.2, -0.15) is 0 Å². The van der Waals surface area contributed by atoms with E-state index in [9.17, 15) is 0 Å². The zero-order chi connectivity index (χ0) is 8.02. The molecule has 12 heavy (non-hydrogen) atoms. The maximum absolute atomic E-state index is 2.58. The maximum Gasteiger partial charge on any atom is -0.00592 e. The Morgan fingerprint density at radius 3 is 2.50 bits per heavy atom. The Morgan fingerprint density at radius 2 is 2.00 bits per heavy atom. The Kier molecular flexibility index (Phi) is 1.42. The topological polar surface area (TPSA) is 0 Å². The highest BCUT2D eigenvalue weighted by Crippen LogP contribution is 2.66. The summed E-state index contributed by atoms with van der Waals surface area (Å²) in [6, 6.07) is 0. The van der Waals surface area contributed by atoms with Crippen LogP contribution in [0.5, 0.6) is 0 Å². The molecule has 2 saturated carbocycles. The quantitative estimate of drug-likeness (QED) is 0.543. The van der Waals surface area contributed by atoms with E-state index < -0.39 is 0 Å². The largest absolute Gasteiger partial charge is 0.0848 e. The third-order valence-electron chi connectivity index (χ3n) is 4.08. The van der Waals surface area contributed by atoms with Crippen LogP contribution in [0, 0.1) is 11.3 Å². The fourth-order valence-corrected chi connectivity index (χ4v) is 3.05. The van der Waals surface area contributed by atoms with Crippen molar-refractivity contribution < 1.29 is 0 Å². The van der Waals surface area contributed by atoms with Gasteiger partial charge in [0.2, 0.25) is 0 Å². The molecule has 0 aromatic carbocycles. The number of allylic oxidation sites excluding steroid dienone is 2. The summed E-state index contributed by atoms with van der Waals surface area (Å²) in [5.41, 5.74) is 2.66. The molecule has 3 rings (SSSR count). The third-order valence-corrected chi connectivity index (χ3v) is 4.08. The fraction of sp³-hybridized carbons (Fsp3) is 0.833. The highest BCUT2D eigenvalue weighted by atomic mass is 14.6. The summed E-state index contributed by atoms with van der Waals surface area (Å²) in [5.74, 6) is 1.13. The van der Waals surface area contributed by atoms with Crippen molar-refractivity contribution >= 4 is 0 Å². The molecule has 0 spiro atoms. The normalized spacial score (nSPS) is 32.8. The van der Waals surface area contributed by atoms with Crippen molar-refractivity contribution in [3.8, 4) is 0 Å². The van der Waals surface area contributed by atoms with Crippen molar-refractivity contribution in [2.45, 2.75) is 51.4 Å². The predicted octanol–water partition coefficient (Wildman–Crippen LogP) is 3.68. The minimum atomic E-state index is 0.792. The van der Waals surface area contributed by atoms with Gasteiger partial charge in [0.15, 0.2) is 0 Å². The Hall–Kier alpha value is -0.260. The van der Waals surface area contributed by atoms with Crippen LogP contribution in [0.3, 0.4) is 0 Å². The van der Waals surface area contributed by atoms with E-state index in [-0.39, 0.29) is 0 Å². The molecule has 0 aliphatic heterocycles. The third kappa shape index (κ3) is 0.967. The average molecular weight is 162 g/mol. The summed E-state index contributed by atoms with van der Waals surface area (Å²) in [6.07, 6.45) is 14.5. The molecule has 0 saturated heterocycles. The first-order valence-electron chi connectivity index (χ1n) is 5.61. The van der Waals surface area contributed by atoms with Crippen LogP contribution in [-0.4, -0.2) is 0 Å². The lowest BCUT2D eigenvalue weighted by Gasteiger charge is -2.22. The number of hydrogen-bond donors (Lipinski definition) is 0. The Bertz CT molecular complexity index is 216. The summed E-state index contributed by atoms with van der Waals surface area (Å²) in [7, 11) is 0. The summed E-state index contributed by atoms with van der Waals surface area (Å²) >= 11 is 0. The molecule has 0 aromatic heterocycles. The highest BCUT2D eigenvalue weighted by Gasteiger charge is 2.55. The Morgan fingerprint density at radius 1 is 1.17 bits per heavy atom. The molecule has 2 fully saturated rings. The van der Waals surface area contributed by atoms with Gasteiger partial charge in [-0.3, -0.25) is 0 Å². The predicted molar refractivity (Wildman–Crippen MR) is 50.9 cm³/mol. The molecule has 0 atom stereocenters. The smallest absolute Gasteiger partial charge is 0.00592 e. The van der Waals surface area contributed by atoms with Crippen LogP contribution in [-0.2, 0) is 0 Å². The fourth-order valence-electron chi connectivity index (χ4n) is 3.05. The molecular formula is C12H18. The first-order chi connectivity index (χ1) is 5.92. The lowest BCUT2D eigenvalue weighted by atomic mass is 9.83. The van der Waals surface area contributed by atoms with Crippen LogP contribution in [0.2, 0.25) is 0 Å². The summed E-state index contributed by atoms with van der Waals surface area (Å²) in [6.45, 7) is 0. The number of rotatable bonds is 2. The van der Waals surface area contributed by atoms with E-state index in [1.165, 1.54) is 51.4 Å². The average Bonchev–Trinajstić information content (AvgIpc) is 2.99. The van der Waals surface area contributed by atoms with Crippen molar-refractivity contribution in [2.75, 3.05) is 0 Å². The zero-order valence-electron chi connectivity index (χ0n) is 7.81. The second-order valence-corrected chi connectivity index (χ2v) is 4.91. The van der Waals surface area contributed by atoms with Gasteiger partial charge in [-0.05, 0) is 62.7 Å². The van der Waals surface area contributed by atoms with Crippen LogP contribution in [0.1, 0.15) is 51.4 Å². The van der Waals surface area contributed by atoms with Crippen LogP contribution in [0.25, 0.3) is 0 Å². The first kappa shape index (κ1) is 7.17. The van der Waals surface area contributed by atoms with Crippen molar-refractivity contribution in [3.63, 3.8) is 0 Å². The molecule has 0 amide bonds. The molecule has 66 valence electrons. The van der Waals surface area contributed by atoms with Crippen LogP contribution in [0.4, 0.5) is 0 Å². The second kappa shape index (κ2) is 2.37. The van der Waals surface area contributed by atoms with Gasteiger partial charge in [-0.25, -0.2) is 0 Å². The van der Waals surface area contributed by atoms with E-state index in [4.69, 9.17) is 0 Å². The zero-order valence-corrected chi connectivity index (χ0v) is 7.81. The highest BCUT2D eigenvalue weighted by molar-refractivity contribution is 5.27. The molecule has 0 heterocycles. The molecule has 0 heteroatoms. The van der Waals surface area contributed by atoms with Gasteiger partial charge in [0, 0.05) is 0 Å². The lowest BCUT2D eigenvalue weighted by Crippen LogP contribution is -2.09. The van der Waals surface area contributed by atoms with E-state index >= 15 is 0 Å². The summed E-state index contributed by atoms with van der Waals surface area (Å²) in [4.78, 5) is 0. The standard InChI is InChI=1S/C12H18/c1-2-4-10(5-3-1)12(8-9-12)11-6-7-11/h4,11H,1-3,5-9H2. The molecule has 0 N–H and O–H groups in total. The molecule has 0 nitrogen and oxygen atoms in total. The monoisotopic (exact) mass is 162 g/mol. The second-order valence-electron chi connectivity index (χ2n) is 4.91. The van der Waals surface area contributed by atoms with E-state index in [0.29, 0.717) is 0 Å². The van der Waals surface area contributed by atoms with Crippen LogP contribution < -0.4 is 0 Å². The van der Waals surface area contributed by atoms with Crippen molar-refractivity contribution in [1.29, 1.82) is 0 Å². The van der Waals surface area contributed by atoms with Crippen molar-refractivity contribution in [3.05, 3.63) is 11.6 Å². The molecule has 0 bridgehead atoms. The van der Waals surface area contributed by atoms with Gasteiger partial charge in [-0.1, -0.05) is 11.6 Å². The molecular weight excluding hydrogens is 144 g/mol. The van der Waals surface area contributed by atoms with Crippen molar-refractivity contribution in [1.82, 2.24) is 0 Å². The Balaban J connectivity index is 1.81. The SMILES string of the molecule is C1=C(C2(C3CC3)CC2)CCCC1. The minimum absolute atomic E-state index is 0.792. The maximum atomic E-state index is 2.58. The first-order valence-corrected chi connectivity index (χ1v) is 5.61. The molecule has 3 aliphatic rings. The lowest BCUT2D eigenvalue weighted by molar-refractivity contribution is 0.479. The summed E-state index contributed by atoms with van der Waals surface area (Å²) < 4.78 is 0. The number of hydrogen-bond acceptors (Lipinski definition) is 0. The molecule has 0 aromatic rings. The van der Waals surface area contributed by atoms with Gasteiger partial charge < -0.3 is 0 Å². The van der Waals surface area contributed by atoms with E-state index in [1.807, 2.05) is 5.57 Å². The van der Waals surface area contributed by atoms with Gasteiger partial charge >= 0.3 is 0 Å². The summed E-state index contributed by atoms with van der Waals surface area (Å²) in [5, 5.41) is 0. The van der Waals surface area contributed by atoms with Gasteiger partial charge in [-0.15, -0.1) is 0 Å². The van der Waals surface area contributed by atoms with Gasteiger partial charge in [0.05, 0.1) is 0 Å². The van der Waals surface area contributed by atoms with Gasteiger partial charge in [0.25, 0.3) is 0 Å². The van der Waals surface area contributed by atoms with E-state index in [0.717, 1.165) is 11.3 Å². The molecule has 0 radical (unpaired) electrons. The van der Waals surface area contributed by atoms with E-state index in [1.54, 1.807) is 0 Å². The van der Waals surface area contributed by atoms with Crippen molar-refractivity contribution in [2.24, 2.45) is 11.3 Å². The van der Waals surface area contributed by atoms with Crippen LogP contribution in [0.15, 0.2) is 11.6 Å². The van der Waals surface area contributed by atoms with Gasteiger partial charge in [0.1, 0.15) is 0 Å². The minimum Gasteiger partial charge on any atom is -0.0848 e. The van der Waals surface area contributed by atoms with E-state index in [2.05, 4.69) is 6.08 Å². The Labute approximate surface area is 75.0 Å². The molecule has 0 unspecified atom stereocenters. The molecule has 3 aliphatic carbocycles.